The Hall–Kier alpha value is -3.36. The first-order chi connectivity index (χ1) is 17.3. The fraction of sp³-hybridized carbons (Fsp3) is 0.273. The first-order valence-electron chi connectivity index (χ1n) is 10.6. The van der Waals surface area contributed by atoms with Gasteiger partial charge in [-0.2, -0.15) is 4.57 Å². The Morgan fingerprint density at radius 3 is 2.97 bits per heavy atom. The zero-order chi connectivity index (χ0) is 25.8. The maximum atomic E-state index is 13.0. The van der Waals surface area contributed by atoms with Crippen molar-refractivity contribution in [3.05, 3.63) is 59.4 Å². The van der Waals surface area contributed by atoms with E-state index in [1.54, 1.807) is 11.5 Å². The molecule has 188 valence electrons. The summed E-state index contributed by atoms with van der Waals surface area (Å²) in [4.78, 5) is 48.1. The topological polar surface area (TPSA) is 151 Å². The van der Waals surface area contributed by atoms with Crippen LogP contribution in [0.15, 0.2) is 63.9 Å². The van der Waals surface area contributed by atoms with Crippen molar-refractivity contribution in [2.24, 2.45) is 5.16 Å². The Morgan fingerprint density at radius 1 is 1.50 bits per heavy atom. The van der Waals surface area contributed by atoms with E-state index < -0.39 is 29.2 Å². The van der Waals surface area contributed by atoms with E-state index in [1.165, 1.54) is 35.5 Å². The SMILES string of the molecule is C=CC[n+]1ccccc1SCC1=C(C(=O)O)N2C(=O)[C@@H](NC(=O)/C(=N\OC)c3csc(N)n3)[C@H]2SC1. The predicted molar refractivity (Wildman–Crippen MR) is 137 cm³/mol. The summed E-state index contributed by atoms with van der Waals surface area (Å²) in [5.41, 5.74) is 6.35. The third-order valence-corrected chi connectivity index (χ3v) is 8.49. The molecular formula is C22H23N6O5S3+. The largest absolute Gasteiger partial charge is 0.477 e. The van der Waals surface area contributed by atoms with Crippen LogP contribution in [0, 0.1) is 0 Å². The first kappa shape index (κ1) is 25.7. The first-order valence-corrected chi connectivity index (χ1v) is 13.5. The van der Waals surface area contributed by atoms with Gasteiger partial charge in [0, 0.05) is 29.0 Å². The van der Waals surface area contributed by atoms with Gasteiger partial charge in [-0.05, 0) is 17.7 Å². The number of pyridine rings is 1. The summed E-state index contributed by atoms with van der Waals surface area (Å²) >= 11 is 4.02. The van der Waals surface area contributed by atoms with Crippen LogP contribution in [0.4, 0.5) is 5.13 Å². The highest BCUT2D eigenvalue weighted by molar-refractivity contribution is 8.01. The molecule has 4 N–H and O–H groups in total. The minimum atomic E-state index is -1.18. The predicted octanol–water partition coefficient (Wildman–Crippen LogP) is 1.08. The van der Waals surface area contributed by atoms with E-state index in [-0.39, 0.29) is 22.2 Å². The Bertz CT molecular complexity index is 1280. The molecule has 0 aliphatic carbocycles. The second-order valence-corrected chi connectivity index (χ2v) is 10.6. The van der Waals surface area contributed by atoms with Crippen molar-refractivity contribution in [1.82, 2.24) is 15.2 Å². The van der Waals surface area contributed by atoms with Crippen LogP contribution in [0.3, 0.4) is 0 Å². The molecular weight excluding hydrogens is 524 g/mol. The van der Waals surface area contributed by atoms with Crippen molar-refractivity contribution in [3.63, 3.8) is 0 Å². The third kappa shape index (κ3) is 5.10. The molecule has 4 heterocycles. The number of nitrogens with two attached hydrogens (primary N) is 1. The molecule has 0 bridgehead atoms. The van der Waals surface area contributed by atoms with Gasteiger partial charge in [-0.15, -0.1) is 23.1 Å². The van der Waals surface area contributed by atoms with Gasteiger partial charge in [0.25, 0.3) is 11.8 Å². The normalized spacial score (nSPS) is 19.4. The minimum absolute atomic E-state index is 0.0361. The van der Waals surface area contributed by atoms with E-state index in [9.17, 15) is 19.5 Å². The molecule has 0 unspecified atom stereocenters. The van der Waals surface area contributed by atoms with Crippen LogP contribution in [-0.4, -0.2) is 68.5 Å². The van der Waals surface area contributed by atoms with E-state index in [0.717, 1.165) is 16.4 Å². The fourth-order valence-corrected chi connectivity index (χ4v) is 6.80. The standard InChI is InChI=1S/C22H22N6O5S3/c1-3-7-27-8-5-4-6-14(27)34-9-12-10-35-20-16(19(30)28(20)17(12)21(31)32)25-18(29)15(26-33-2)13-11-36-22(23)24-13/h3-6,8,11,16,20H,1,7,9-10H2,2H3,(H3-,23,24,25,29,31,32)/p+1/b26-15-/t16-,20-/m1/s1. The van der Waals surface area contributed by atoms with E-state index >= 15 is 0 Å². The van der Waals surface area contributed by atoms with Crippen LogP contribution in [0.1, 0.15) is 5.69 Å². The molecule has 2 aromatic rings. The molecule has 14 heteroatoms. The molecule has 2 aliphatic rings. The van der Waals surface area contributed by atoms with Crippen molar-refractivity contribution in [2.45, 2.75) is 23.0 Å². The number of carbonyl (C=O) groups is 3. The Labute approximate surface area is 219 Å². The molecule has 0 aromatic carbocycles. The van der Waals surface area contributed by atoms with Gasteiger partial charge in [0.15, 0.2) is 23.6 Å². The lowest BCUT2D eigenvalue weighted by atomic mass is 10.0. The van der Waals surface area contributed by atoms with Crippen molar-refractivity contribution in [3.8, 4) is 0 Å². The number of carboxylic acid groups (broad SMARTS) is 1. The number of aromatic nitrogens is 2. The van der Waals surface area contributed by atoms with Gasteiger partial charge in [0.05, 0.1) is 0 Å². The maximum Gasteiger partial charge on any atom is 0.352 e. The summed E-state index contributed by atoms with van der Waals surface area (Å²) in [6, 6.07) is 4.86. The Kier molecular flexibility index (Phi) is 7.96. The number of carbonyl (C=O) groups excluding carboxylic acids is 2. The monoisotopic (exact) mass is 547 g/mol. The van der Waals surface area contributed by atoms with E-state index in [1.807, 2.05) is 29.0 Å². The van der Waals surface area contributed by atoms with Crippen LogP contribution >= 0.6 is 34.9 Å². The van der Waals surface area contributed by atoms with E-state index in [4.69, 9.17) is 10.6 Å². The van der Waals surface area contributed by atoms with Crippen molar-refractivity contribution in [1.29, 1.82) is 0 Å². The van der Waals surface area contributed by atoms with Crippen LogP contribution in [-0.2, 0) is 25.8 Å². The average Bonchev–Trinajstić information content (AvgIpc) is 3.30. The van der Waals surface area contributed by atoms with Crippen LogP contribution < -0.4 is 15.6 Å². The van der Waals surface area contributed by atoms with E-state index in [2.05, 4.69) is 22.0 Å². The lowest BCUT2D eigenvalue weighted by Gasteiger charge is -2.49. The van der Waals surface area contributed by atoms with Crippen LogP contribution in [0.25, 0.3) is 0 Å². The smallest absolute Gasteiger partial charge is 0.352 e. The molecule has 11 nitrogen and oxygen atoms in total. The van der Waals surface area contributed by atoms with Crippen LogP contribution in [0.5, 0.6) is 0 Å². The van der Waals surface area contributed by atoms with Crippen molar-refractivity contribution >= 4 is 63.5 Å². The number of β-lactam (4-membered cyclic amide) rings is 1. The second kappa shape index (κ2) is 11.1. The number of nitrogen functional groups attached to an aromatic ring is 1. The number of nitrogens with one attached hydrogen (secondary N) is 1. The lowest BCUT2D eigenvalue weighted by molar-refractivity contribution is -0.723. The highest BCUT2D eigenvalue weighted by Crippen LogP contribution is 2.41. The van der Waals surface area contributed by atoms with Gasteiger partial charge in [0.1, 0.15) is 29.9 Å². The number of rotatable bonds is 10. The number of anilines is 1. The highest BCUT2D eigenvalue weighted by atomic mass is 32.2. The molecule has 1 fully saturated rings. The third-order valence-electron chi connectivity index (χ3n) is 5.32. The quantitative estimate of drug-likeness (QED) is 0.0991. The average molecular weight is 548 g/mol. The van der Waals surface area contributed by atoms with Crippen molar-refractivity contribution in [2.75, 3.05) is 24.3 Å². The number of carboxylic acids is 1. The number of amides is 2. The number of thioether (sulfide) groups is 2. The summed E-state index contributed by atoms with van der Waals surface area (Å²) in [5, 5.41) is 18.5. The maximum absolute atomic E-state index is 13.0. The number of nitrogens with zero attached hydrogens (tertiary/aromatic N) is 4. The zero-order valence-corrected chi connectivity index (χ0v) is 21.6. The molecule has 2 atom stereocenters. The number of fused-ring (bicyclic) bond motifs is 1. The fourth-order valence-electron chi connectivity index (χ4n) is 3.74. The summed E-state index contributed by atoms with van der Waals surface area (Å²) in [5.74, 6) is -1.54. The molecule has 2 aliphatic heterocycles. The highest BCUT2D eigenvalue weighted by Gasteiger charge is 2.54. The van der Waals surface area contributed by atoms with Crippen molar-refractivity contribution < 1.29 is 28.9 Å². The zero-order valence-electron chi connectivity index (χ0n) is 19.1. The number of aliphatic carboxylic acids is 1. The number of hydrogen-bond donors (Lipinski definition) is 3. The summed E-state index contributed by atoms with van der Waals surface area (Å²) < 4.78 is 2.01. The Balaban J connectivity index is 1.49. The number of hydrogen-bond acceptors (Lipinski definition) is 10. The Morgan fingerprint density at radius 2 is 2.31 bits per heavy atom. The molecule has 0 saturated carbocycles. The van der Waals surface area contributed by atoms with Crippen LogP contribution in [0.2, 0.25) is 0 Å². The van der Waals surface area contributed by atoms with Gasteiger partial charge in [-0.25, -0.2) is 9.78 Å². The molecule has 2 amide bonds. The van der Waals surface area contributed by atoms with Gasteiger partial charge >= 0.3 is 5.97 Å². The lowest BCUT2D eigenvalue weighted by Crippen LogP contribution is -2.71. The summed E-state index contributed by atoms with van der Waals surface area (Å²) in [6.45, 7) is 4.39. The van der Waals surface area contributed by atoms with Gasteiger partial charge < -0.3 is 21.0 Å². The summed E-state index contributed by atoms with van der Waals surface area (Å²) in [6.07, 6.45) is 3.71. The molecule has 2 aromatic heterocycles. The number of oxime groups is 1. The molecule has 0 spiro atoms. The number of thiazole rings is 1. The van der Waals surface area contributed by atoms with E-state index in [0.29, 0.717) is 23.6 Å². The number of allylic oxidation sites excluding steroid dienone is 1. The summed E-state index contributed by atoms with van der Waals surface area (Å²) in [7, 11) is 1.29. The molecule has 4 rings (SSSR count). The molecule has 0 radical (unpaired) electrons. The van der Waals surface area contributed by atoms with Gasteiger partial charge in [-0.3, -0.25) is 14.5 Å². The molecule has 36 heavy (non-hydrogen) atoms. The second-order valence-electron chi connectivity index (χ2n) is 7.58. The molecule has 1 saturated heterocycles. The van der Waals surface area contributed by atoms with Gasteiger partial charge in [-0.1, -0.05) is 23.5 Å². The minimum Gasteiger partial charge on any atom is -0.477 e. The van der Waals surface area contributed by atoms with Gasteiger partial charge in [0.2, 0.25) is 5.03 Å².